The molecule has 0 aliphatic carbocycles. The van der Waals surface area contributed by atoms with Crippen LogP contribution in [-0.4, -0.2) is 13.5 Å². The molecule has 0 atom stereocenters. The van der Waals surface area contributed by atoms with E-state index in [1.54, 1.807) is 12.1 Å². The zero-order chi connectivity index (χ0) is 9.90. The number of phenols is 1. The van der Waals surface area contributed by atoms with Crippen LogP contribution in [0.1, 0.15) is 0 Å². The second-order valence-electron chi connectivity index (χ2n) is 2.33. The van der Waals surface area contributed by atoms with Gasteiger partial charge in [0.25, 0.3) is 10.0 Å². The minimum Gasteiger partial charge on any atom is -0.506 e. The summed E-state index contributed by atoms with van der Waals surface area (Å²) in [5.41, 5.74) is 0.141. The number of hydrogen-bond donors (Lipinski definition) is 2. The van der Waals surface area contributed by atoms with Crippen LogP contribution in [0.3, 0.4) is 0 Å². The molecule has 0 saturated carbocycles. The standard InChI is InChI=1S/C8H9NO3S/c1-2-13(11,12)9-7-5-3-4-6-8(7)10/h2-6,9-10H,1H2. The minimum atomic E-state index is -3.54. The van der Waals surface area contributed by atoms with E-state index in [0.717, 1.165) is 5.41 Å². The molecule has 1 rings (SSSR count). The highest BCUT2D eigenvalue weighted by molar-refractivity contribution is 7.95. The Bertz CT molecular complexity index is 411. The third-order valence-electron chi connectivity index (χ3n) is 1.38. The first-order valence-electron chi connectivity index (χ1n) is 3.48. The number of benzene rings is 1. The molecule has 0 radical (unpaired) electrons. The average Bonchev–Trinajstić information content (AvgIpc) is 2.09. The highest BCUT2D eigenvalue weighted by atomic mass is 32.2. The van der Waals surface area contributed by atoms with Crippen molar-refractivity contribution in [1.82, 2.24) is 0 Å². The van der Waals surface area contributed by atoms with Crippen LogP contribution in [0.15, 0.2) is 36.3 Å². The molecular formula is C8H9NO3S. The van der Waals surface area contributed by atoms with Gasteiger partial charge < -0.3 is 5.11 Å². The van der Waals surface area contributed by atoms with Crippen molar-refractivity contribution in [2.24, 2.45) is 0 Å². The number of phenolic OH excluding ortho intramolecular Hbond substituents is 1. The number of nitrogens with one attached hydrogen (secondary N) is 1. The Kier molecular flexibility index (Phi) is 2.57. The lowest BCUT2D eigenvalue weighted by atomic mass is 10.3. The van der Waals surface area contributed by atoms with E-state index in [9.17, 15) is 13.5 Å². The van der Waals surface area contributed by atoms with Gasteiger partial charge in [0, 0.05) is 5.41 Å². The predicted molar refractivity (Wildman–Crippen MR) is 50.8 cm³/mol. The predicted octanol–water partition coefficient (Wildman–Crippen LogP) is 1.28. The summed E-state index contributed by atoms with van der Waals surface area (Å²) in [5, 5.41) is 9.99. The fraction of sp³-hybridized carbons (Fsp3) is 0. The van der Waals surface area contributed by atoms with E-state index in [2.05, 4.69) is 11.3 Å². The first-order chi connectivity index (χ1) is 6.05. The number of rotatable bonds is 3. The van der Waals surface area contributed by atoms with Crippen molar-refractivity contribution >= 4 is 15.7 Å². The van der Waals surface area contributed by atoms with Crippen molar-refractivity contribution in [2.75, 3.05) is 4.72 Å². The topological polar surface area (TPSA) is 66.4 Å². The Hall–Kier alpha value is -1.49. The molecule has 0 bridgehead atoms. The Morgan fingerprint density at radius 3 is 2.54 bits per heavy atom. The van der Waals surface area contributed by atoms with Crippen molar-refractivity contribution in [3.63, 3.8) is 0 Å². The third kappa shape index (κ3) is 2.48. The summed E-state index contributed by atoms with van der Waals surface area (Å²) in [5.74, 6) is -0.118. The fourth-order valence-electron chi connectivity index (χ4n) is 0.755. The molecule has 1 aromatic carbocycles. The van der Waals surface area contributed by atoms with E-state index >= 15 is 0 Å². The number of anilines is 1. The van der Waals surface area contributed by atoms with E-state index in [1.807, 2.05) is 0 Å². The van der Waals surface area contributed by atoms with Crippen LogP contribution < -0.4 is 4.72 Å². The third-order valence-corrected chi connectivity index (χ3v) is 2.32. The number of hydrogen-bond acceptors (Lipinski definition) is 3. The maximum absolute atomic E-state index is 11.0. The van der Waals surface area contributed by atoms with Gasteiger partial charge in [-0.15, -0.1) is 0 Å². The van der Waals surface area contributed by atoms with Gasteiger partial charge in [0.1, 0.15) is 5.75 Å². The van der Waals surface area contributed by atoms with Crippen LogP contribution in [0.4, 0.5) is 5.69 Å². The van der Waals surface area contributed by atoms with Gasteiger partial charge in [-0.05, 0) is 12.1 Å². The lowest BCUT2D eigenvalue weighted by Gasteiger charge is -2.04. The fourth-order valence-corrected chi connectivity index (χ4v) is 1.32. The number of para-hydroxylation sites is 2. The van der Waals surface area contributed by atoms with Crippen molar-refractivity contribution in [3.8, 4) is 5.75 Å². The molecule has 2 N–H and O–H groups in total. The van der Waals surface area contributed by atoms with Gasteiger partial charge in [0.2, 0.25) is 0 Å². The molecule has 0 amide bonds. The maximum Gasteiger partial charge on any atom is 0.254 e. The van der Waals surface area contributed by atoms with E-state index in [0.29, 0.717) is 0 Å². The molecule has 0 heterocycles. The average molecular weight is 199 g/mol. The molecule has 1 aromatic rings. The Balaban J connectivity index is 3.00. The summed E-state index contributed by atoms with van der Waals surface area (Å²) in [6, 6.07) is 6.05. The van der Waals surface area contributed by atoms with Gasteiger partial charge in [-0.1, -0.05) is 18.7 Å². The summed E-state index contributed by atoms with van der Waals surface area (Å²) < 4.78 is 24.1. The van der Waals surface area contributed by atoms with Gasteiger partial charge in [-0.2, -0.15) is 0 Å². The molecule has 4 nitrogen and oxygen atoms in total. The second kappa shape index (κ2) is 3.49. The highest BCUT2D eigenvalue weighted by Crippen LogP contribution is 2.22. The molecule has 70 valence electrons. The van der Waals surface area contributed by atoms with Crippen molar-refractivity contribution in [3.05, 3.63) is 36.3 Å². The molecule has 0 spiro atoms. The largest absolute Gasteiger partial charge is 0.506 e. The van der Waals surface area contributed by atoms with Crippen molar-refractivity contribution < 1.29 is 13.5 Å². The molecule has 13 heavy (non-hydrogen) atoms. The molecule has 0 aliphatic rings. The zero-order valence-corrected chi connectivity index (χ0v) is 7.58. The van der Waals surface area contributed by atoms with Crippen LogP contribution in [-0.2, 0) is 10.0 Å². The molecule has 0 aliphatic heterocycles. The summed E-state index contributed by atoms with van der Waals surface area (Å²) in [6.07, 6.45) is 0. The SMILES string of the molecule is C=CS(=O)(=O)Nc1ccccc1O. The van der Waals surface area contributed by atoms with Gasteiger partial charge >= 0.3 is 0 Å². The lowest BCUT2D eigenvalue weighted by molar-refractivity contribution is 0.477. The van der Waals surface area contributed by atoms with Crippen LogP contribution in [0, 0.1) is 0 Å². The molecular weight excluding hydrogens is 190 g/mol. The molecule has 5 heteroatoms. The van der Waals surface area contributed by atoms with Gasteiger partial charge in [-0.3, -0.25) is 4.72 Å². The van der Waals surface area contributed by atoms with Crippen LogP contribution in [0.2, 0.25) is 0 Å². The van der Waals surface area contributed by atoms with Gasteiger partial charge in [0.05, 0.1) is 5.69 Å². The van der Waals surface area contributed by atoms with Crippen LogP contribution in [0.5, 0.6) is 5.75 Å². The summed E-state index contributed by atoms with van der Waals surface area (Å²) >= 11 is 0. The number of aromatic hydroxyl groups is 1. The smallest absolute Gasteiger partial charge is 0.254 e. The summed E-state index contributed by atoms with van der Waals surface area (Å²) in [6.45, 7) is 3.13. The first-order valence-corrected chi connectivity index (χ1v) is 5.03. The molecule has 0 fully saturated rings. The Morgan fingerprint density at radius 1 is 1.38 bits per heavy atom. The lowest BCUT2D eigenvalue weighted by Crippen LogP contribution is -2.08. The first kappa shape index (κ1) is 9.60. The molecule has 0 saturated heterocycles. The maximum atomic E-state index is 11.0. The normalized spacial score (nSPS) is 10.8. The summed E-state index contributed by atoms with van der Waals surface area (Å²) in [7, 11) is -3.54. The molecule has 0 aromatic heterocycles. The zero-order valence-electron chi connectivity index (χ0n) is 6.77. The molecule has 0 unspecified atom stereocenters. The van der Waals surface area contributed by atoms with E-state index in [1.165, 1.54) is 12.1 Å². The van der Waals surface area contributed by atoms with Crippen LogP contribution in [0.25, 0.3) is 0 Å². The van der Waals surface area contributed by atoms with E-state index in [-0.39, 0.29) is 11.4 Å². The van der Waals surface area contributed by atoms with E-state index < -0.39 is 10.0 Å². The van der Waals surface area contributed by atoms with Gasteiger partial charge in [-0.25, -0.2) is 8.42 Å². The Labute approximate surface area is 76.6 Å². The van der Waals surface area contributed by atoms with Crippen LogP contribution >= 0.6 is 0 Å². The Morgan fingerprint density at radius 2 is 2.00 bits per heavy atom. The van der Waals surface area contributed by atoms with Gasteiger partial charge in [0.15, 0.2) is 0 Å². The highest BCUT2D eigenvalue weighted by Gasteiger charge is 2.06. The minimum absolute atomic E-state index is 0.118. The quantitative estimate of drug-likeness (QED) is 0.720. The summed E-state index contributed by atoms with van der Waals surface area (Å²) in [4.78, 5) is 0. The van der Waals surface area contributed by atoms with Crippen molar-refractivity contribution in [1.29, 1.82) is 0 Å². The second-order valence-corrected chi connectivity index (χ2v) is 3.96. The number of sulfonamides is 1. The van der Waals surface area contributed by atoms with E-state index in [4.69, 9.17) is 0 Å². The monoisotopic (exact) mass is 199 g/mol. The van der Waals surface area contributed by atoms with Crippen molar-refractivity contribution in [2.45, 2.75) is 0 Å².